The van der Waals surface area contributed by atoms with E-state index in [4.69, 9.17) is 0 Å². The van der Waals surface area contributed by atoms with Gasteiger partial charge in [-0.25, -0.2) is 0 Å². The number of hydrogen-bond acceptors (Lipinski definition) is 7. The normalized spacial score (nSPS) is 14.1. The molecule has 0 atom stereocenters. The molecular formula is C5H3N5O4. The zero-order valence-corrected chi connectivity index (χ0v) is 6.60. The first-order chi connectivity index (χ1) is 6.77. The lowest BCUT2D eigenvalue weighted by atomic mass is 10.3. The van der Waals surface area contributed by atoms with E-state index < -0.39 is 5.03 Å². The van der Waals surface area contributed by atoms with Gasteiger partial charge in [0.1, 0.15) is 6.26 Å². The summed E-state index contributed by atoms with van der Waals surface area (Å²) in [5.74, 6) is 0.0845. The van der Waals surface area contributed by atoms with E-state index in [1.165, 1.54) is 12.3 Å². The van der Waals surface area contributed by atoms with Crippen LogP contribution in [0.3, 0.4) is 0 Å². The topological polar surface area (TPSA) is 105 Å². The lowest BCUT2D eigenvalue weighted by Gasteiger charge is -1.98. The van der Waals surface area contributed by atoms with E-state index in [0.29, 0.717) is 4.79 Å². The molecule has 0 amide bonds. The quantitative estimate of drug-likeness (QED) is 0.359. The molecule has 0 bridgehead atoms. The van der Waals surface area contributed by atoms with E-state index in [2.05, 4.69) is 25.1 Å². The summed E-state index contributed by atoms with van der Waals surface area (Å²) in [5, 5.41) is 16.5. The van der Waals surface area contributed by atoms with Crippen LogP contribution in [0.25, 0.3) is 0 Å². The first kappa shape index (κ1) is 8.16. The number of oxime groups is 1. The first-order valence-electron chi connectivity index (χ1n) is 3.41. The maximum atomic E-state index is 10.2. The molecule has 1 aromatic rings. The fourth-order valence-corrected chi connectivity index (χ4v) is 0.776. The van der Waals surface area contributed by atoms with Crippen LogP contribution in [0.4, 0.5) is 0 Å². The van der Waals surface area contributed by atoms with Gasteiger partial charge in [-0.05, 0) is 5.16 Å². The number of allylic oxidation sites excluding steroid dienone is 1. The van der Waals surface area contributed by atoms with E-state index in [0.717, 1.165) is 6.33 Å². The van der Waals surface area contributed by atoms with Gasteiger partial charge in [0.15, 0.2) is 12.0 Å². The van der Waals surface area contributed by atoms with Crippen molar-refractivity contribution in [1.29, 1.82) is 0 Å². The van der Waals surface area contributed by atoms with Gasteiger partial charge in [-0.15, -0.1) is 0 Å². The van der Waals surface area contributed by atoms with Crippen LogP contribution in [0.1, 0.15) is 5.82 Å². The summed E-state index contributed by atoms with van der Waals surface area (Å²) >= 11 is 0. The van der Waals surface area contributed by atoms with E-state index in [-0.39, 0.29) is 11.5 Å². The van der Waals surface area contributed by atoms with Crippen molar-refractivity contribution in [2.45, 2.75) is 0 Å². The molecule has 2 rings (SSSR count). The lowest BCUT2D eigenvalue weighted by Crippen LogP contribution is -2.11. The van der Waals surface area contributed by atoms with Gasteiger partial charge in [0.25, 0.3) is 0 Å². The molecule has 0 saturated heterocycles. The molecule has 1 aromatic heterocycles. The van der Waals surface area contributed by atoms with Crippen molar-refractivity contribution < 1.29 is 14.9 Å². The molecule has 0 spiro atoms. The van der Waals surface area contributed by atoms with Crippen LogP contribution in [0.15, 0.2) is 23.8 Å². The Balaban J connectivity index is 2.28. The fraction of sp³-hybridized carbons (Fsp3) is 0. The molecule has 72 valence electrons. The Morgan fingerprint density at radius 2 is 2.43 bits per heavy atom. The molecule has 0 saturated carbocycles. The largest absolute Gasteiger partial charge is 0.339 e. The molecule has 0 aromatic carbocycles. The Kier molecular flexibility index (Phi) is 1.82. The molecule has 0 radical (unpaired) electrons. The Hall–Kier alpha value is -2.45. The van der Waals surface area contributed by atoms with Gasteiger partial charge in [0.05, 0.1) is 10.1 Å². The molecule has 0 N–H and O–H groups in total. The van der Waals surface area contributed by atoms with Gasteiger partial charge < -0.3 is 10.1 Å². The molecule has 2 heterocycles. The standard InChI is InChI=1S/C5H3N5O4/c11-10(12)9-3-6-5(7-9)4-1-2-13-14-8-4/h1-3H. The summed E-state index contributed by atoms with van der Waals surface area (Å²) in [6.45, 7) is 0. The summed E-state index contributed by atoms with van der Waals surface area (Å²) in [7, 11) is 0. The summed E-state index contributed by atoms with van der Waals surface area (Å²) in [5.41, 5.74) is 0.247. The highest BCUT2D eigenvalue weighted by Gasteiger charge is 2.18. The Morgan fingerprint density at radius 3 is 3.00 bits per heavy atom. The van der Waals surface area contributed by atoms with Crippen LogP contribution < -0.4 is 0 Å². The van der Waals surface area contributed by atoms with Crippen molar-refractivity contribution >= 4 is 5.71 Å². The van der Waals surface area contributed by atoms with E-state index in [1.807, 2.05) is 0 Å². The average Bonchev–Trinajstić information content (AvgIpc) is 2.68. The third-order valence-electron chi connectivity index (χ3n) is 1.34. The van der Waals surface area contributed by atoms with Crippen LogP contribution in [0.2, 0.25) is 0 Å². The fourth-order valence-electron chi connectivity index (χ4n) is 0.776. The van der Waals surface area contributed by atoms with Gasteiger partial charge >= 0.3 is 5.82 Å². The molecule has 1 aliphatic rings. The van der Waals surface area contributed by atoms with Crippen molar-refractivity contribution in [2.75, 3.05) is 0 Å². The predicted molar refractivity (Wildman–Crippen MR) is 40.3 cm³/mol. The maximum absolute atomic E-state index is 10.2. The summed E-state index contributed by atoms with van der Waals surface area (Å²) in [6, 6.07) is 0. The molecule has 9 heteroatoms. The van der Waals surface area contributed by atoms with E-state index in [9.17, 15) is 10.1 Å². The number of hydrogen-bond donors (Lipinski definition) is 0. The highest BCUT2D eigenvalue weighted by atomic mass is 17.3. The minimum absolute atomic E-state index is 0.0845. The van der Waals surface area contributed by atoms with Crippen LogP contribution in [-0.4, -0.2) is 25.6 Å². The molecule has 0 aliphatic carbocycles. The van der Waals surface area contributed by atoms with Gasteiger partial charge in [0.2, 0.25) is 0 Å². The zero-order chi connectivity index (χ0) is 9.97. The Morgan fingerprint density at radius 1 is 1.57 bits per heavy atom. The lowest BCUT2D eigenvalue weighted by molar-refractivity contribution is -0.553. The first-order valence-corrected chi connectivity index (χ1v) is 3.41. The summed E-state index contributed by atoms with van der Waals surface area (Å²) in [6.07, 6.45) is 3.60. The van der Waals surface area contributed by atoms with Crippen molar-refractivity contribution in [3.63, 3.8) is 0 Å². The smallest absolute Gasteiger partial charge is 0.324 e. The van der Waals surface area contributed by atoms with Gasteiger partial charge in [-0.3, -0.25) is 4.89 Å². The second-order valence-corrected chi connectivity index (χ2v) is 2.18. The summed E-state index contributed by atoms with van der Waals surface area (Å²) < 4.78 is 0. The third kappa shape index (κ3) is 1.37. The maximum Gasteiger partial charge on any atom is 0.324 e. The average molecular weight is 197 g/mol. The van der Waals surface area contributed by atoms with Gasteiger partial charge in [0, 0.05) is 10.9 Å². The van der Waals surface area contributed by atoms with Crippen LogP contribution in [-0.2, 0) is 9.88 Å². The molecule has 0 fully saturated rings. The zero-order valence-electron chi connectivity index (χ0n) is 6.60. The second kappa shape index (κ2) is 3.12. The number of rotatable bonds is 2. The minimum atomic E-state index is -0.721. The Labute approximate surface area is 76.3 Å². The monoisotopic (exact) mass is 197 g/mol. The van der Waals surface area contributed by atoms with Crippen LogP contribution in [0.5, 0.6) is 0 Å². The van der Waals surface area contributed by atoms with Crippen molar-refractivity contribution in [1.82, 2.24) is 14.9 Å². The van der Waals surface area contributed by atoms with Crippen molar-refractivity contribution in [3.05, 3.63) is 34.6 Å². The third-order valence-corrected chi connectivity index (χ3v) is 1.34. The Bertz CT molecular complexity index is 422. The second-order valence-electron chi connectivity index (χ2n) is 2.18. The highest BCUT2D eigenvalue weighted by molar-refractivity contribution is 6.05. The minimum Gasteiger partial charge on any atom is -0.339 e. The number of nitro groups is 1. The van der Waals surface area contributed by atoms with Gasteiger partial charge in [-0.2, -0.15) is 9.97 Å². The number of nitrogens with zero attached hydrogens (tertiary/aromatic N) is 5. The summed E-state index contributed by atoms with van der Waals surface area (Å²) in [4.78, 5) is 22.9. The van der Waals surface area contributed by atoms with Gasteiger partial charge in [-0.1, -0.05) is 0 Å². The predicted octanol–water partition coefficient (Wildman–Crippen LogP) is -0.502. The van der Waals surface area contributed by atoms with E-state index >= 15 is 0 Å². The molecule has 9 nitrogen and oxygen atoms in total. The SMILES string of the molecule is O=[N+]([O-])n1cnc(C2=NOOC=C2)n1. The van der Waals surface area contributed by atoms with Crippen LogP contribution >= 0.6 is 0 Å². The molecule has 14 heavy (non-hydrogen) atoms. The molecular weight excluding hydrogens is 194 g/mol. The number of aromatic nitrogens is 3. The van der Waals surface area contributed by atoms with Crippen LogP contribution in [0, 0.1) is 10.1 Å². The van der Waals surface area contributed by atoms with E-state index in [1.54, 1.807) is 0 Å². The highest BCUT2D eigenvalue weighted by Crippen LogP contribution is 2.01. The molecule has 0 unspecified atom stereocenters. The van der Waals surface area contributed by atoms with Crippen molar-refractivity contribution in [2.24, 2.45) is 5.16 Å². The molecule has 1 aliphatic heterocycles. The van der Waals surface area contributed by atoms with Crippen molar-refractivity contribution in [3.8, 4) is 0 Å².